The first-order valence-electron chi connectivity index (χ1n) is 9.28. The lowest BCUT2D eigenvalue weighted by atomic mass is 9.76. The fraction of sp³-hybridized carbons (Fsp3) is 0.409. The van der Waals surface area contributed by atoms with E-state index in [1.807, 2.05) is 43.3 Å². The van der Waals surface area contributed by atoms with E-state index in [1.165, 1.54) is 5.56 Å². The summed E-state index contributed by atoms with van der Waals surface area (Å²) in [6.45, 7) is 2.02. The Balaban J connectivity index is 0.00000210. The second-order valence-electron chi connectivity index (χ2n) is 7.62. The van der Waals surface area contributed by atoms with E-state index in [2.05, 4.69) is 24.1 Å². The smallest absolute Gasteiger partial charge is 0.316 e. The Labute approximate surface area is 172 Å². The Morgan fingerprint density at radius 1 is 1.07 bits per heavy atom. The Morgan fingerprint density at radius 2 is 1.74 bits per heavy atom. The van der Waals surface area contributed by atoms with Gasteiger partial charge in [-0.2, -0.15) is 0 Å². The highest BCUT2D eigenvalue weighted by Crippen LogP contribution is 2.46. The fourth-order valence-electron chi connectivity index (χ4n) is 4.63. The van der Waals surface area contributed by atoms with Crippen LogP contribution in [0.25, 0.3) is 0 Å². The molecule has 4 rings (SSSR count). The predicted molar refractivity (Wildman–Crippen MR) is 111 cm³/mol. The van der Waals surface area contributed by atoms with Gasteiger partial charge in [0.05, 0.1) is 5.92 Å². The molecule has 2 heterocycles. The summed E-state index contributed by atoms with van der Waals surface area (Å²) >= 11 is 6.06. The number of benzene rings is 2. The first-order valence-corrected chi connectivity index (χ1v) is 9.66. The highest BCUT2D eigenvalue weighted by molar-refractivity contribution is 6.30. The molecule has 3 nitrogen and oxygen atoms in total. The molecule has 4 atom stereocenters. The molecule has 0 radical (unpaired) electrons. The maximum absolute atomic E-state index is 13.2. The largest absolute Gasteiger partial charge is 0.426 e. The number of nitrogens with zero attached hydrogens (tertiary/aromatic N) is 1. The van der Waals surface area contributed by atoms with Gasteiger partial charge >= 0.3 is 5.97 Å². The van der Waals surface area contributed by atoms with Gasteiger partial charge in [0.1, 0.15) is 5.75 Å². The van der Waals surface area contributed by atoms with Crippen LogP contribution in [0.3, 0.4) is 0 Å². The van der Waals surface area contributed by atoms with E-state index in [0.717, 1.165) is 29.8 Å². The molecule has 144 valence electrons. The van der Waals surface area contributed by atoms with Crippen LogP contribution in [-0.4, -0.2) is 30.0 Å². The number of ether oxygens (including phenoxy) is 1. The van der Waals surface area contributed by atoms with Crippen molar-refractivity contribution in [3.05, 3.63) is 64.7 Å². The first-order chi connectivity index (χ1) is 12.5. The van der Waals surface area contributed by atoms with Crippen molar-refractivity contribution in [3.8, 4) is 5.75 Å². The van der Waals surface area contributed by atoms with Crippen molar-refractivity contribution in [3.63, 3.8) is 0 Å². The number of rotatable bonds is 3. The van der Waals surface area contributed by atoms with Gasteiger partial charge in [-0.1, -0.05) is 41.4 Å². The minimum atomic E-state index is -0.152. The highest BCUT2D eigenvalue weighted by Gasteiger charge is 2.49. The number of carbonyl (C=O) groups is 1. The topological polar surface area (TPSA) is 29.5 Å². The quantitative estimate of drug-likeness (QED) is 0.516. The van der Waals surface area contributed by atoms with Crippen molar-refractivity contribution in [2.24, 2.45) is 5.92 Å². The van der Waals surface area contributed by atoms with Crippen molar-refractivity contribution in [2.75, 3.05) is 7.05 Å². The number of esters is 1. The number of hydrogen-bond donors (Lipinski definition) is 0. The monoisotopic (exact) mass is 405 g/mol. The van der Waals surface area contributed by atoms with Crippen molar-refractivity contribution in [1.82, 2.24) is 4.90 Å². The minimum absolute atomic E-state index is 0. The van der Waals surface area contributed by atoms with Crippen LogP contribution in [0.5, 0.6) is 5.75 Å². The standard InChI is InChI=1S/C22H24ClNO2.ClH/c1-14-3-10-18(11-4-14)26-22(25)21-19(15-5-7-16(23)8-6-15)13-17-9-12-20(21)24(17)2;/h3-8,10-11,17,19-21H,9,12-13H2,1-2H3;1H. The third kappa shape index (κ3) is 4.01. The van der Waals surface area contributed by atoms with E-state index in [0.29, 0.717) is 11.8 Å². The molecule has 27 heavy (non-hydrogen) atoms. The summed E-state index contributed by atoms with van der Waals surface area (Å²) in [5.41, 5.74) is 2.34. The Hall–Kier alpha value is -1.55. The number of halogens is 2. The van der Waals surface area contributed by atoms with Crippen LogP contribution >= 0.6 is 24.0 Å². The molecule has 2 aliphatic rings. The van der Waals surface area contributed by atoms with Gasteiger partial charge in [-0.3, -0.25) is 9.69 Å². The molecular weight excluding hydrogens is 381 g/mol. The second kappa shape index (κ2) is 8.22. The van der Waals surface area contributed by atoms with Crippen LogP contribution < -0.4 is 4.74 Å². The maximum atomic E-state index is 13.2. The van der Waals surface area contributed by atoms with Gasteiger partial charge in [0.25, 0.3) is 0 Å². The van der Waals surface area contributed by atoms with Gasteiger partial charge in [0, 0.05) is 23.0 Å². The van der Waals surface area contributed by atoms with Crippen LogP contribution in [0.2, 0.25) is 5.02 Å². The van der Waals surface area contributed by atoms with Crippen LogP contribution in [0.15, 0.2) is 48.5 Å². The zero-order valence-corrected chi connectivity index (χ0v) is 17.2. The molecule has 4 unspecified atom stereocenters. The lowest BCUT2D eigenvalue weighted by molar-refractivity contribution is -0.143. The van der Waals surface area contributed by atoms with E-state index in [4.69, 9.17) is 16.3 Å². The van der Waals surface area contributed by atoms with Gasteiger partial charge in [0.2, 0.25) is 0 Å². The molecule has 2 bridgehead atoms. The third-order valence-corrected chi connectivity index (χ3v) is 6.33. The lowest BCUT2D eigenvalue weighted by Gasteiger charge is -2.41. The molecule has 0 aliphatic carbocycles. The number of hydrogen-bond acceptors (Lipinski definition) is 3. The van der Waals surface area contributed by atoms with E-state index in [9.17, 15) is 4.79 Å². The molecule has 5 heteroatoms. The Kier molecular flexibility index (Phi) is 6.15. The summed E-state index contributed by atoms with van der Waals surface area (Å²) in [6, 6.07) is 16.4. The molecule has 2 saturated heterocycles. The SMILES string of the molecule is Cc1ccc(OC(=O)C2C(c3ccc(Cl)cc3)CC3CCC2N3C)cc1.Cl. The molecule has 2 aromatic rings. The first kappa shape index (κ1) is 20.2. The molecule has 0 saturated carbocycles. The lowest BCUT2D eigenvalue weighted by Crippen LogP contribution is -2.49. The molecule has 0 amide bonds. The normalized spacial score (nSPS) is 27.1. The number of carbonyl (C=O) groups excluding carboxylic acids is 1. The maximum Gasteiger partial charge on any atom is 0.316 e. The second-order valence-corrected chi connectivity index (χ2v) is 8.05. The van der Waals surface area contributed by atoms with Gasteiger partial charge in [-0.05, 0) is 63.1 Å². The highest BCUT2D eigenvalue weighted by atomic mass is 35.5. The molecule has 0 aromatic heterocycles. The van der Waals surface area contributed by atoms with Crippen LogP contribution in [0.4, 0.5) is 0 Å². The van der Waals surface area contributed by atoms with Gasteiger partial charge in [-0.15, -0.1) is 12.4 Å². The molecular formula is C22H25Cl2NO2. The van der Waals surface area contributed by atoms with Gasteiger partial charge < -0.3 is 4.74 Å². The summed E-state index contributed by atoms with van der Waals surface area (Å²) in [5, 5.41) is 0.725. The average Bonchev–Trinajstić information content (AvgIpc) is 2.87. The van der Waals surface area contributed by atoms with Crippen molar-refractivity contribution >= 4 is 30.0 Å². The van der Waals surface area contributed by atoms with E-state index in [-0.39, 0.29) is 36.3 Å². The van der Waals surface area contributed by atoms with E-state index in [1.54, 1.807) is 0 Å². The summed E-state index contributed by atoms with van der Waals surface area (Å²) in [6.07, 6.45) is 3.20. The Morgan fingerprint density at radius 3 is 2.41 bits per heavy atom. The Bertz CT molecular complexity index is 791. The number of aryl methyl sites for hydroxylation is 1. The molecule has 2 aromatic carbocycles. The van der Waals surface area contributed by atoms with Crippen molar-refractivity contribution < 1.29 is 9.53 Å². The van der Waals surface area contributed by atoms with Crippen molar-refractivity contribution in [2.45, 2.75) is 44.2 Å². The zero-order valence-electron chi connectivity index (χ0n) is 15.6. The van der Waals surface area contributed by atoms with Gasteiger partial charge in [-0.25, -0.2) is 0 Å². The zero-order chi connectivity index (χ0) is 18.3. The van der Waals surface area contributed by atoms with Crippen LogP contribution in [0.1, 0.15) is 36.3 Å². The van der Waals surface area contributed by atoms with Crippen LogP contribution in [-0.2, 0) is 4.79 Å². The van der Waals surface area contributed by atoms with Crippen LogP contribution in [0, 0.1) is 12.8 Å². The minimum Gasteiger partial charge on any atom is -0.426 e. The summed E-state index contributed by atoms with van der Waals surface area (Å²) in [4.78, 5) is 15.5. The van der Waals surface area contributed by atoms with Crippen molar-refractivity contribution in [1.29, 1.82) is 0 Å². The van der Waals surface area contributed by atoms with E-state index >= 15 is 0 Å². The fourth-order valence-corrected chi connectivity index (χ4v) is 4.76. The number of fused-ring (bicyclic) bond motifs is 2. The average molecular weight is 406 g/mol. The molecule has 0 N–H and O–H groups in total. The van der Waals surface area contributed by atoms with E-state index < -0.39 is 0 Å². The molecule has 0 spiro atoms. The summed E-state index contributed by atoms with van der Waals surface area (Å²) in [5.74, 6) is 0.532. The molecule has 2 aliphatic heterocycles. The predicted octanol–water partition coefficient (Wildman–Crippen LogP) is 5.24. The summed E-state index contributed by atoms with van der Waals surface area (Å²) in [7, 11) is 2.15. The summed E-state index contributed by atoms with van der Waals surface area (Å²) < 4.78 is 5.79. The van der Waals surface area contributed by atoms with Gasteiger partial charge in [0.15, 0.2) is 0 Å². The molecule has 2 fully saturated rings. The third-order valence-electron chi connectivity index (χ3n) is 6.08. The number of piperidine rings is 1.